The van der Waals surface area contributed by atoms with Crippen LogP contribution in [-0.4, -0.2) is 33.3 Å². The first kappa shape index (κ1) is 18.8. The van der Waals surface area contributed by atoms with Gasteiger partial charge in [-0.2, -0.15) is 0 Å². The Morgan fingerprint density at radius 3 is 2.24 bits per heavy atom. The van der Waals surface area contributed by atoms with E-state index in [1.807, 2.05) is 55.1 Å². The summed E-state index contributed by atoms with van der Waals surface area (Å²) in [7, 11) is 3.34. The number of methoxy groups -OCH3 is 2. The molecule has 0 saturated heterocycles. The molecule has 2 aromatic heterocycles. The van der Waals surface area contributed by atoms with Crippen molar-refractivity contribution in [3.05, 3.63) is 73.1 Å². The summed E-state index contributed by atoms with van der Waals surface area (Å²) in [6.45, 7) is 3.57. The summed E-state index contributed by atoms with van der Waals surface area (Å²) < 4.78 is 15.6. The van der Waals surface area contributed by atoms with Crippen LogP contribution < -0.4 is 9.47 Å². The number of hydrogen-bond acceptors (Lipinski definition) is 4. The molecule has 2 aromatic carbocycles. The summed E-state index contributed by atoms with van der Waals surface area (Å²) in [5.74, 6) is 2.45. The summed E-state index contributed by atoms with van der Waals surface area (Å²) in [5.41, 5.74) is 3.73. The van der Waals surface area contributed by atoms with Gasteiger partial charge in [-0.05, 0) is 19.1 Å². The molecule has 0 saturated carbocycles. The van der Waals surface area contributed by atoms with E-state index in [2.05, 4.69) is 33.2 Å². The maximum absolute atomic E-state index is 5.70. The van der Waals surface area contributed by atoms with Crippen molar-refractivity contribution in [2.24, 2.45) is 0 Å². The van der Waals surface area contributed by atoms with Crippen LogP contribution in [0.3, 0.4) is 0 Å². The van der Waals surface area contributed by atoms with Crippen molar-refractivity contribution in [3.63, 3.8) is 0 Å². The molecule has 6 nitrogen and oxygen atoms in total. The number of aryl methyl sites for hydroxylation is 1. The van der Waals surface area contributed by atoms with Crippen LogP contribution >= 0.6 is 0 Å². The normalized spacial score (nSPS) is 10.9. The molecule has 29 heavy (non-hydrogen) atoms. The zero-order chi connectivity index (χ0) is 20.2. The molecule has 0 bridgehead atoms. The Hall–Kier alpha value is -3.54. The third-order valence-corrected chi connectivity index (χ3v) is 5.00. The summed E-state index contributed by atoms with van der Waals surface area (Å²) in [6, 6.07) is 16.0. The summed E-state index contributed by atoms with van der Waals surface area (Å²) in [4.78, 5) is 9.30. The summed E-state index contributed by atoms with van der Waals surface area (Å²) >= 11 is 0. The minimum absolute atomic E-state index is 0.594. The maximum Gasteiger partial charge on any atom is 0.132 e. The van der Waals surface area contributed by atoms with Gasteiger partial charge in [0, 0.05) is 24.5 Å². The van der Waals surface area contributed by atoms with Gasteiger partial charge in [0.2, 0.25) is 0 Å². The Kier molecular flexibility index (Phi) is 5.33. The van der Waals surface area contributed by atoms with E-state index in [0.29, 0.717) is 6.54 Å². The second-order valence-corrected chi connectivity index (χ2v) is 6.60. The third kappa shape index (κ3) is 3.49. The van der Waals surface area contributed by atoms with Gasteiger partial charge in [0.1, 0.15) is 17.3 Å². The fraction of sp³-hybridized carbons (Fsp3) is 0.217. The highest BCUT2D eigenvalue weighted by Crippen LogP contribution is 2.42. The van der Waals surface area contributed by atoms with Crippen molar-refractivity contribution < 1.29 is 9.47 Å². The summed E-state index contributed by atoms with van der Waals surface area (Å²) in [6.07, 6.45) is 5.68. The lowest BCUT2D eigenvalue weighted by Crippen LogP contribution is -2.09. The number of imidazole rings is 2. The van der Waals surface area contributed by atoms with Gasteiger partial charge in [-0.15, -0.1) is 0 Å². The predicted molar refractivity (Wildman–Crippen MR) is 113 cm³/mol. The largest absolute Gasteiger partial charge is 0.496 e. The minimum atomic E-state index is 0.594. The second kappa shape index (κ2) is 8.22. The molecule has 4 rings (SSSR count). The van der Waals surface area contributed by atoms with Gasteiger partial charge in [-0.25, -0.2) is 9.97 Å². The molecular formula is C23H24N4O2. The van der Waals surface area contributed by atoms with Crippen LogP contribution in [0.1, 0.15) is 12.7 Å². The highest BCUT2D eigenvalue weighted by Gasteiger charge is 2.23. The van der Waals surface area contributed by atoms with Crippen LogP contribution in [0.15, 0.2) is 67.3 Å². The van der Waals surface area contributed by atoms with Crippen molar-refractivity contribution in [2.75, 3.05) is 14.2 Å². The van der Waals surface area contributed by atoms with Crippen molar-refractivity contribution >= 4 is 0 Å². The molecule has 0 aliphatic rings. The van der Waals surface area contributed by atoms with Gasteiger partial charge in [-0.3, -0.25) is 0 Å². The quantitative estimate of drug-likeness (QED) is 0.468. The third-order valence-electron chi connectivity index (χ3n) is 5.00. The van der Waals surface area contributed by atoms with Gasteiger partial charge >= 0.3 is 0 Å². The summed E-state index contributed by atoms with van der Waals surface area (Å²) in [5, 5.41) is 0. The van der Waals surface area contributed by atoms with Crippen molar-refractivity contribution in [3.8, 4) is 34.0 Å². The van der Waals surface area contributed by atoms with Crippen LogP contribution in [-0.2, 0) is 13.1 Å². The van der Waals surface area contributed by atoms with E-state index in [9.17, 15) is 0 Å². The standard InChI is InChI=1S/C23H24N4O2/c1-4-26-14-13-24-20(26)15-27-16-25-22(17-9-6-5-7-10-17)23(27)21-18(28-2)11-8-12-19(21)29-3/h5-14,16H,4,15H2,1-3H3. The molecule has 0 amide bonds. The van der Waals surface area contributed by atoms with Crippen LogP contribution in [0.25, 0.3) is 22.5 Å². The molecular weight excluding hydrogens is 364 g/mol. The fourth-order valence-corrected chi connectivity index (χ4v) is 3.59. The number of ether oxygens (including phenoxy) is 2. The van der Waals surface area contributed by atoms with Gasteiger partial charge < -0.3 is 18.6 Å². The first-order valence-electron chi connectivity index (χ1n) is 9.58. The van der Waals surface area contributed by atoms with Gasteiger partial charge in [0.15, 0.2) is 0 Å². The molecule has 0 fully saturated rings. The van der Waals surface area contributed by atoms with E-state index in [1.165, 1.54) is 0 Å². The van der Waals surface area contributed by atoms with Gasteiger partial charge in [0.05, 0.1) is 44.0 Å². The zero-order valence-corrected chi connectivity index (χ0v) is 16.9. The number of benzene rings is 2. The Morgan fingerprint density at radius 2 is 1.59 bits per heavy atom. The Labute approximate surface area is 170 Å². The highest BCUT2D eigenvalue weighted by molar-refractivity contribution is 5.85. The molecule has 4 aromatic rings. The minimum Gasteiger partial charge on any atom is -0.496 e. The number of rotatable bonds is 7. The van der Waals surface area contributed by atoms with E-state index < -0.39 is 0 Å². The SMILES string of the molecule is CCn1ccnc1Cn1cnc(-c2ccccc2)c1-c1c(OC)cccc1OC. The van der Waals surface area contributed by atoms with E-state index in [1.54, 1.807) is 14.2 Å². The van der Waals surface area contributed by atoms with Crippen LogP contribution in [0.2, 0.25) is 0 Å². The molecule has 2 heterocycles. The zero-order valence-electron chi connectivity index (χ0n) is 16.9. The van der Waals surface area contributed by atoms with E-state index in [4.69, 9.17) is 14.5 Å². The predicted octanol–water partition coefficient (Wildman–Crippen LogP) is 4.50. The Morgan fingerprint density at radius 1 is 0.862 bits per heavy atom. The first-order chi connectivity index (χ1) is 14.3. The second-order valence-electron chi connectivity index (χ2n) is 6.60. The Bertz CT molecular complexity index is 1080. The molecule has 0 N–H and O–H groups in total. The van der Waals surface area contributed by atoms with Crippen LogP contribution in [0.4, 0.5) is 0 Å². The molecule has 0 radical (unpaired) electrons. The van der Waals surface area contributed by atoms with Crippen LogP contribution in [0.5, 0.6) is 11.5 Å². The van der Waals surface area contributed by atoms with Crippen molar-refractivity contribution in [1.29, 1.82) is 0 Å². The lowest BCUT2D eigenvalue weighted by atomic mass is 10.0. The molecule has 0 aliphatic heterocycles. The lowest BCUT2D eigenvalue weighted by molar-refractivity contribution is 0.396. The average molecular weight is 388 g/mol. The average Bonchev–Trinajstić information content (AvgIpc) is 3.40. The maximum atomic E-state index is 5.70. The number of nitrogens with zero attached hydrogens (tertiary/aromatic N) is 4. The first-order valence-corrected chi connectivity index (χ1v) is 9.58. The van der Waals surface area contributed by atoms with Crippen molar-refractivity contribution in [2.45, 2.75) is 20.0 Å². The van der Waals surface area contributed by atoms with Crippen LogP contribution in [0, 0.1) is 0 Å². The van der Waals surface area contributed by atoms with E-state index in [-0.39, 0.29) is 0 Å². The number of aromatic nitrogens is 4. The van der Waals surface area contributed by atoms with E-state index in [0.717, 1.165) is 46.4 Å². The smallest absolute Gasteiger partial charge is 0.132 e. The molecule has 148 valence electrons. The molecule has 0 unspecified atom stereocenters. The molecule has 0 aliphatic carbocycles. The number of hydrogen-bond donors (Lipinski definition) is 0. The monoisotopic (exact) mass is 388 g/mol. The lowest BCUT2D eigenvalue weighted by Gasteiger charge is -2.17. The van der Waals surface area contributed by atoms with Gasteiger partial charge in [0.25, 0.3) is 0 Å². The van der Waals surface area contributed by atoms with Crippen molar-refractivity contribution in [1.82, 2.24) is 19.1 Å². The highest BCUT2D eigenvalue weighted by atomic mass is 16.5. The molecule has 6 heteroatoms. The molecule has 0 spiro atoms. The topological polar surface area (TPSA) is 54.1 Å². The van der Waals surface area contributed by atoms with Gasteiger partial charge in [-0.1, -0.05) is 36.4 Å². The Balaban J connectivity index is 1.95. The molecule has 0 atom stereocenters. The van der Waals surface area contributed by atoms with E-state index >= 15 is 0 Å². The fourth-order valence-electron chi connectivity index (χ4n) is 3.59.